The summed E-state index contributed by atoms with van der Waals surface area (Å²) >= 11 is 0. The molecular formula is C11H10F3N3O2S. The van der Waals surface area contributed by atoms with Gasteiger partial charge in [0.1, 0.15) is 0 Å². The number of halogens is 3. The zero-order valence-electron chi connectivity index (χ0n) is 10.2. The Labute approximate surface area is 112 Å². The zero-order valence-corrected chi connectivity index (χ0v) is 11.0. The van der Waals surface area contributed by atoms with Crippen molar-refractivity contribution in [3.8, 4) is 0 Å². The number of nitrogens with one attached hydrogen (secondary N) is 2. The Morgan fingerprint density at radius 3 is 2.45 bits per heavy atom. The van der Waals surface area contributed by atoms with Gasteiger partial charge in [0.15, 0.2) is 5.82 Å². The van der Waals surface area contributed by atoms with Crippen LogP contribution in [0.15, 0.2) is 35.2 Å². The van der Waals surface area contributed by atoms with Gasteiger partial charge in [-0.3, -0.25) is 9.82 Å². The number of hydrogen-bond donors (Lipinski definition) is 2. The van der Waals surface area contributed by atoms with Crippen LogP contribution in [0.2, 0.25) is 0 Å². The largest absolute Gasteiger partial charge is 0.417 e. The van der Waals surface area contributed by atoms with Crippen LogP contribution in [0.1, 0.15) is 11.3 Å². The van der Waals surface area contributed by atoms with Crippen molar-refractivity contribution >= 4 is 15.8 Å². The predicted octanol–water partition coefficient (Wildman–Crippen LogP) is 2.54. The van der Waals surface area contributed by atoms with E-state index in [1.807, 2.05) is 4.72 Å². The van der Waals surface area contributed by atoms with E-state index >= 15 is 0 Å². The van der Waals surface area contributed by atoms with Gasteiger partial charge in [0.25, 0.3) is 10.0 Å². The Bertz CT molecular complexity index is 723. The Kier molecular flexibility index (Phi) is 3.46. The Morgan fingerprint density at radius 2 is 1.90 bits per heavy atom. The fraction of sp³-hybridized carbons (Fsp3) is 0.182. The Morgan fingerprint density at radius 1 is 1.25 bits per heavy atom. The van der Waals surface area contributed by atoms with Crippen LogP contribution in [0.3, 0.4) is 0 Å². The molecule has 2 N–H and O–H groups in total. The van der Waals surface area contributed by atoms with E-state index in [4.69, 9.17) is 0 Å². The number of hydrogen-bond acceptors (Lipinski definition) is 3. The minimum Gasteiger partial charge on any atom is -0.281 e. The van der Waals surface area contributed by atoms with Crippen molar-refractivity contribution in [2.45, 2.75) is 18.0 Å². The summed E-state index contributed by atoms with van der Waals surface area (Å²) in [6.45, 7) is 1.63. The summed E-state index contributed by atoms with van der Waals surface area (Å²) in [7, 11) is -4.37. The highest BCUT2D eigenvalue weighted by atomic mass is 32.2. The molecule has 2 rings (SSSR count). The van der Waals surface area contributed by atoms with Crippen molar-refractivity contribution in [1.82, 2.24) is 10.2 Å². The van der Waals surface area contributed by atoms with Gasteiger partial charge < -0.3 is 0 Å². The highest BCUT2D eigenvalue weighted by Gasteiger charge is 2.37. The summed E-state index contributed by atoms with van der Waals surface area (Å²) in [5.41, 5.74) is -0.647. The third-order valence-electron chi connectivity index (χ3n) is 2.43. The smallest absolute Gasteiger partial charge is 0.281 e. The lowest BCUT2D eigenvalue weighted by Gasteiger charge is -2.13. The van der Waals surface area contributed by atoms with Gasteiger partial charge in [-0.25, -0.2) is 8.42 Å². The van der Waals surface area contributed by atoms with Crippen molar-refractivity contribution < 1.29 is 21.6 Å². The average Bonchev–Trinajstić information content (AvgIpc) is 2.73. The fourth-order valence-corrected chi connectivity index (χ4v) is 2.82. The molecule has 0 aliphatic rings. The maximum atomic E-state index is 12.8. The van der Waals surface area contributed by atoms with Gasteiger partial charge in [-0.2, -0.15) is 18.3 Å². The molecule has 9 heteroatoms. The minimum atomic E-state index is -4.76. The number of aromatic nitrogens is 2. The van der Waals surface area contributed by atoms with Crippen molar-refractivity contribution in [2.24, 2.45) is 0 Å². The molecule has 0 amide bonds. The number of benzene rings is 1. The second-order valence-electron chi connectivity index (χ2n) is 4.04. The van der Waals surface area contributed by atoms with Gasteiger partial charge >= 0.3 is 6.18 Å². The average molecular weight is 305 g/mol. The van der Waals surface area contributed by atoms with Gasteiger partial charge in [-0.05, 0) is 19.1 Å². The highest BCUT2D eigenvalue weighted by molar-refractivity contribution is 7.92. The first-order valence-corrected chi connectivity index (χ1v) is 6.89. The second kappa shape index (κ2) is 4.82. The van der Waals surface area contributed by atoms with E-state index in [0.29, 0.717) is 11.8 Å². The summed E-state index contributed by atoms with van der Waals surface area (Å²) in [5.74, 6) is -0.0699. The number of H-pyrrole nitrogens is 1. The van der Waals surface area contributed by atoms with Gasteiger partial charge in [0.2, 0.25) is 0 Å². The van der Waals surface area contributed by atoms with Crippen LogP contribution in [-0.4, -0.2) is 18.6 Å². The van der Waals surface area contributed by atoms with Gasteiger partial charge in [-0.1, -0.05) is 12.1 Å². The van der Waals surface area contributed by atoms with Crippen LogP contribution in [0, 0.1) is 6.92 Å². The van der Waals surface area contributed by atoms with E-state index in [2.05, 4.69) is 10.2 Å². The fourth-order valence-electron chi connectivity index (χ4n) is 1.60. The van der Waals surface area contributed by atoms with Crippen LogP contribution >= 0.6 is 0 Å². The van der Waals surface area contributed by atoms with Crippen molar-refractivity contribution in [2.75, 3.05) is 4.72 Å². The van der Waals surface area contributed by atoms with Gasteiger partial charge in [-0.15, -0.1) is 0 Å². The minimum absolute atomic E-state index is 0.0699. The lowest BCUT2D eigenvalue weighted by Crippen LogP contribution is -2.19. The summed E-state index contributed by atoms with van der Waals surface area (Å²) in [4.78, 5) is -0.840. The number of anilines is 1. The van der Waals surface area contributed by atoms with Gasteiger partial charge in [0.05, 0.1) is 10.5 Å². The normalized spacial score (nSPS) is 12.4. The van der Waals surface area contributed by atoms with Gasteiger partial charge in [0, 0.05) is 11.8 Å². The van der Waals surface area contributed by atoms with Crippen LogP contribution in [-0.2, 0) is 16.2 Å². The molecule has 0 unspecified atom stereocenters. The summed E-state index contributed by atoms with van der Waals surface area (Å²) in [6, 6.07) is 5.32. The van der Waals surface area contributed by atoms with E-state index in [-0.39, 0.29) is 5.82 Å². The highest BCUT2D eigenvalue weighted by Crippen LogP contribution is 2.34. The molecule has 1 aromatic carbocycles. The monoisotopic (exact) mass is 305 g/mol. The van der Waals surface area contributed by atoms with E-state index in [9.17, 15) is 21.6 Å². The number of alkyl halides is 3. The van der Waals surface area contributed by atoms with Crippen molar-refractivity contribution in [3.05, 3.63) is 41.6 Å². The molecule has 5 nitrogen and oxygen atoms in total. The molecule has 0 aliphatic carbocycles. The third-order valence-corrected chi connectivity index (χ3v) is 3.84. The number of sulfonamides is 1. The number of aromatic amines is 1. The molecule has 1 aromatic heterocycles. The maximum Gasteiger partial charge on any atom is 0.417 e. The first-order valence-electron chi connectivity index (χ1n) is 5.41. The van der Waals surface area contributed by atoms with E-state index in [1.165, 1.54) is 12.1 Å². The molecule has 0 radical (unpaired) electrons. The quantitative estimate of drug-likeness (QED) is 0.915. The summed E-state index contributed by atoms with van der Waals surface area (Å²) in [5, 5.41) is 6.11. The van der Waals surface area contributed by atoms with E-state index < -0.39 is 26.7 Å². The maximum absolute atomic E-state index is 12.8. The molecule has 1 heterocycles. The van der Waals surface area contributed by atoms with Crippen molar-refractivity contribution in [1.29, 1.82) is 0 Å². The lowest BCUT2D eigenvalue weighted by molar-refractivity contribution is -0.139. The molecule has 0 bridgehead atoms. The lowest BCUT2D eigenvalue weighted by atomic mass is 10.2. The molecule has 0 spiro atoms. The summed E-state index contributed by atoms with van der Waals surface area (Å²) in [6.07, 6.45) is -4.76. The third kappa shape index (κ3) is 2.93. The standard InChI is InChI=1S/C11H10F3N3O2S/c1-7-6-10(16-15-7)17-20(18,19)9-5-3-2-4-8(9)11(12,13)14/h2-6H,1H3,(H2,15,16,17). The number of rotatable bonds is 3. The first kappa shape index (κ1) is 14.4. The zero-order chi connectivity index (χ0) is 15.0. The molecule has 108 valence electrons. The van der Waals surface area contributed by atoms with Crippen LogP contribution in [0.5, 0.6) is 0 Å². The molecule has 0 saturated heterocycles. The Hall–Kier alpha value is -2.03. The molecule has 2 aromatic rings. The van der Waals surface area contributed by atoms with Crippen LogP contribution in [0.4, 0.5) is 19.0 Å². The first-order chi connectivity index (χ1) is 9.20. The molecule has 0 fully saturated rings. The predicted molar refractivity (Wildman–Crippen MR) is 65.6 cm³/mol. The topological polar surface area (TPSA) is 74.8 Å². The van der Waals surface area contributed by atoms with E-state index in [1.54, 1.807) is 6.92 Å². The molecule has 0 saturated carbocycles. The summed E-state index contributed by atoms with van der Waals surface area (Å²) < 4.78 is 64.4. The molecule has 0 atom stereocenters. The van der Waals surface area contributed by atoms with Crippen molar-refractivity contribution in [3.63, 3.8) is 0 Å². The molecule has 20 heavy (non-hydrogen) atoms. The Balaban J connectivity index is 2.45. The SMILES string of the molecule is Cc1cc(NS(=O)(=O)c2ccccc2C(F)(F)F)n[nH]1. The van der Waals surface area contributed by atoms with Crippen LogP contribution in [0.25, 0.3) is 0 Å². The van der Waals surface area contributed by atoms with Crippen LogP contribution < -0.4 is 4.72 Å². The number of aryl methyl sites for hydroxylation is 1. The molecular weight excluding hydrogens is 295 g/mol. The molecule has 0 aliphatic heterocycles. The second-order valence-corrected chi connectivity index (χ2v) is 5.69. The number of nitrogens with zero attached hydrogens (tertiary/aromatic N) is 1. The van der Waals surface area contributed by atoms with E-state index in [0.717, 1.165) is 12.1 Å².